The second kappa shape index (κ2) is 11.2. The van der Waals surface area contributed by atoms with E-state index in [0.29, 0.717) is 52.4 Å². The Kier molecular flexibility index (Phi) is 10.1. The molecule has 0 aromatic carbocycles. The van der Waals surface area contributed by atoms with Crippen LogP contribution in [0.1, 0.15) is 33.6 Å². The number of carbonyl (C=O) groups excluding carboxylic acids is 1. The van der Waals surface area contributed by atoms with Crippen LogP contribution in [0, 0.1) is 10.8 Å². The lowest BCUT2D eigenvalue weighted by atomic mass is 9.67. The third-order valence-electron chi connectivity index (χ3n) is 4.63. The number of rotatable bonds is 14. The largest absolute Gasteiger partial charge is 0.379 e. The van der Waals surface area contributed by atoms with Gasteiger partial charge >= 0.3 is 0 Å². The highest BCUT2D eigenvalue weighted by Crippen LogP contribution is 2.46. The normalized spacial score (nSPS) is 24.8. The van der Waals surface area contributed by atoms with E-state index in [0.717, 1.165) is 6.42 Å². The second-order valence-corrected chi connectivity index (χ2v) is 9.31. The van der Waals surface area contributed by atoms with Crippen LogP contribution in [0.3, 0.4) is 0 Å². The van der Waals surface area contributed by atoms with Gasteiger partial charge in [0.05, 0.1) is 26.6 Å². The van der Waals surface area contributed by atoms with Crippen molar-refractivity contribution < 1.29 is 32.0 Å². The van der Waals surface area contributed by atoms with Crippen molar-refractivity contribution in [3.8, 4) is 0 Å². The van der Waals surface area contributed by atoms with E-state index in [1.54, 1.807) is 6.08 Å². The van der Waals surface area contributed by atoms with Crippen molar-refractivity contribution in [1.82, 2.24) is 5.32 Å². The standard InChI is InChI=1S/C18H33NO7S/c1-17(2)14-18(3,5-4-16(17)27(21,22)23)6-9-24-12-13-25-10-7-19-15-26-11-8-20/h4-5,8,16,19H,6-7,9-15H2,1-3H3,(H,21,22,23). The Balaban J connectivity index is 2.17. The highest BCUT2D eigenvalue weighted by Gasteiger charge is 2.44. The first-order chi connectivity index (χ1) is 12.6. The lowest BCUT2D eigenvalue weighted by Gasteiger charge is -2.42. The quantitative estimate of drug-likeness (QED) is 0.146. The van der Waals surface area contributed by atoms with E-state index in [4.69, 9.17) is 14.2 Å². The number of nitrogens with one attached hydrogen (secondary N) is 1. The van der Waals surface area contributed by atoms with E-state index in [1.807, 2.05) is 19.9 Å². The molecule has 0 aliphatic heterocycles. The smallest absolute Gasteiger partial charge is 0.271 e. The zero-order valence-electron chi connectivity index (χ0n) is 16.5. The van der Waals surface area contributed by atoms with Crippen LogP contribution in [0.2, 0.25) is 0 Å². The predicted molar refractivity (Wildman–Crippen MR) is 102 cm³/mol. The maximum absolute atomic E-state index is 11.5. The van der Waals surface area contributed by atoms with Crippen LogP contribution in [0.25, 0.3) is 0 Å². The maximum atomic E-state index is 11.5. The van der Waals surface area contributed by atoms with E-state index in [2.05, 4.69) is 12.2 Å². The third-order valence-corrected chi connectivity index (χ3v) is 6.06. The van der Waals surface area contributed by atoms with Gasteiger partial charge < -0.3 is 19.0 Å². The molecule has 2 atom stereocenters. The van der Waals surface area contributed by atoms with E-state index >= 15 is 0 Å². The minimum atomic E-state index is -4.09. The van der Waals surface area contributed by atoms with Crippen molar-refractivity contribution in [2.24, 2.45) is 10.8 Å². The fraction of sp³-hybridized carbons (Fsp3) is 0.833. The molecule has 8 nitrogen and oxygen atoms in total. The Morgan fingerprint density at radius 3 is 2.41 bits per heavy atom. The van der Waals surface area contributed by atoms with Crippen LogP contribution in [0.5, 0.6) is 0 Å². The first-order valence-corrected chi connectivity index (χ1v) is 10.6. The lowest BCUT2D eigenvalue weighted by Crippen LogP contribution is -2.42. The summed E-state index contributed by atoms with van der Waals surface area (Å²) in [5.74, 6) is 0. The van der Waals surface area contributed by atoms with Crippen LogP contribution >= 0.6 is 0 Å². The Labute approximate surface area is 162 Å². The van der Waals surface area contributed by atoms with E-state index in [1.165, 1.54) is 0 Å². The molecule has 27 heavy (non-hydrogen) atoms. The van der Waals surface area contributed by atoms with Crippen molar-refractivity contribution in [3.05, 3.63) is 12.2 Å². The van der Waals surface area contributed by atoms with Gasteiger partial charge in [0, 0.05) is 13.2 Å². The number of hydrogen-bond donors (Lipinski definition) is 2. The SMILES string of the molecule is CC1(CCOCCOCCNCOCC=O)C=CC(S(=O)(=O)O)C(C)(C)C1. The van der Waals surface area contributed by atoms with Crippen LogP contribution in [0.15, 0.2) is 12.2 Å². The van der Waals surface area contributed by atoms with Crippen molar-refractivity contribution in [1.29, 1.82) is 0 Å². The molecule has 1 aliphatic carbocycles. The minimum absolute atomic E-state index is 0.0868. The van der Waals surface area contributed by atoms with E-state index in [-0.39, 0.29) is 12.0 Å². The molecule has 9 heteroatoms. The molecule has 0 fully saturated rings. The van der Waals surface area contributed by atoms with Crippen LogP contribution in [0.4, 0.5) is 0 Å². The van der Waals surface area contributed by atoms with Gasteiger partial charge in [0.2, 0.25) is 0 Å². The van der Waals surface area contributed by atoms with Gasteiger partial charge in [-0.1, -0.05) is 32.9 Å². The molecular weight excluding hydrogens is 374 g/mol. The van der Waals surface area contributed by atoms with Gasteiger partial charge in [-0.25, -0.2) is 0 Å². The van der Waals surface area contributed by atoms with Gasteiger partial charge in [-0.2, -0.15) is 8.42 Å². The van der Waals surface area contributed by atoms with Gasteiger partial charge in [0.15, 0.2) is 0 Å². The van der Waals surface area contributed by atoms with Crippen molar-refractivity contribution in [2.75, 3.05) is 46.3 Å². The molecule has 0 saturated heterocycles. The Bertz CT molecular complexity index is 576. The molecule has 1 aliphatic rings. The Morgan fingerprint density at radius 1 is 1.15 bits per heavy atom. The molecule has 158 valence electrons. The van der Waals surface area contributed by atoms with Crippen LogP contribution in [-0.2, 0) is 29.1 Å². The summed E-state index contributed by atoms with van der Waals surface area (Å²) in [7, 11) is -4.09. The number of ether oxygens (including phenoxy) is 3. The van der Waals surface area contributed by atoms with Crippen LogP contribution in [-0.4, -0.2) is 70.8 Å². The summed E-state index contributed by atoms with van der Waals surface area (Å²) in [5, 5.41) is 2.11. The van der Waals surface area contributed by atoms with Gasteiger partial charge in [-0.3, -0.25) is 9.87 Å². The molecule has 2 N–H and O–H groups in total. The van der Waals surface area contributed by atoms with E-state index < -0.39 is 20.8 Å². The molecule has 0 aromatic heterocycles. The maximum Gasteiger partial charge on any atom is 0.271 e. The molecule has 0 bridgehead atoms. The molecule has 0 saturated carbocycles. The molecule has 0 heterocycles. The molecule has 1 rings (SSSR count). The number of carbonyl (C=O) groups is 1. The average Bonchev–Trinajstić information content (AvgIpc) is 2.53. The first-order valence-electron chi connectivity index (χ1n) is 9.14. The highest BCUT2D eigenvalue weighted by atomic mass is 32.2. The zero-order valence-corrected chi connectivity index (χ0v) is 17.3. The average molecular weight is 408 g/mol. The van der Waals surface area contributed by atoms with E-state index in [9.17, 15) is 17.8 Å². The number of allylic oxidation sites excluding steroid dienone is 1. The summed E-state index contributed by atoms with van der Waals surface area (Å²) < 4.78 is 48.4. The van der Waals surface area contributed by atoms with Crippen LogP contribution < -0.4 is 5.32 Å². The van der Waals surface area contributed by atoms with Crippen molar-refractivity contribution in [2.45, 2.75) is 38.9 Å². The first kappa shape index (κ1) is 24.2. The van der Waals surface area contributed by atoms with Crippen molar-refractivity contribution >= 4 is 16.4 Å². The van der Waals surface area contributed by atoms with Gasteiger partial charge in [0.25, 0.3) is 10.1 Å². The fourth-order valence-electron chi connectivity index (χ4n) is 3.48. The second-order valence-electron chi connectivity index (χ2n) is 7.77. The van der Waals surface area contributed by atoms with Crippen molar-refractivity contribution in [3.63, 3.8) is 0 Å². The van der Waals surface area contributed by atoms with Gasteiger partial charge in [-0.05, 0) is 23.7 Å². The topological polar surface area (TPSA) is 111 Å². The summed E-state index contributed by atoms with van der Waals surface area (Å²) in [6, 6.07) is 0. The minimum Gasteiger partial charge on any atom is -0.379 e. The molecule has 0 aromatic rings. The number of aldehydes is 1. The molecule has 0 amide bonds. The predicted octanol–water partition coefficient (Wildman–Crippen LogP) is 1.42. The Hall–Kier alpha value is -0.840. The third kappa shape index (κ3) is 9.27. The zero-order chi connectivity index (χ0) is 20.4. The summed E-state index contributed by atoms with van der Waals surface area (Å²) in [5.41, 5.74) is -0.709. The lowest BCUT2D eigenvalue weighted by molar-refractivity contribution is -0.112. The summed E-state index contributed by atoms with van der Waals surface area (Å²) in [6.07, 6.45) is 5.61. The summed E-state index contributed by atoms with van der Waals surface area (Å²) >= 11 is 0. The fourth-order valence-corrected chi connectivity index (χ4v) is 4.64. The molecular formula is C18H33NO7S. The molecule has 0 radical (unpaired) electrons. The number of hydrogen-bond acceptors (Lipinski definition) is 7. The summed E-state index contributed by atoms with van der Waals surface area (Å²) in [4.78, 5) is 10.0. The van der Waals surface area contributed by atoms with Gasteiger partial charge in [-0.15, -0.1) is 0 Å². The highest BCUT2D eigenvalue weighted by molar-refractivity contribution is 7.86. The molecule has 2 unspecified atom stereocenters. The van der Waals surface area contributed by atoms with Gasteiger partial charge in [0.1, 0.15) is 18.1 Å². The molecule has 0 spiro atoms. The summed E-state index contributed by atoms with van der Waals surface area (Å²) in [6.45, 7) is 8.88. The monoisotopic (exact) mass is 407 g/mol. The Morgan fingerprint density at radius 2 is 1.81 bits per heavy atom.